The highest BCUT2D eigenvalue weighted by atomic mass is 32.1. The molecule has 0 aromatic carbocycles. The molecule has 1 aliphatic rings. The maximum Gasteiger partial charge on any atom is 0.417 e. The van der Waals surface area contributed by atoms with Crippen molar-refractivity contribution in [3.63, 3.8) is 0 Å². The molecule has 5 nitrogen and oxygen atoms in total. The third-order valence-corrected chi connectivity index (χ3v) is 5.65. The van der Waals surface area contributed by atoms with Crippen LogP contribution in [0, 0.1) is 5.92 Å². The average molecular weight is 378 g/mol. The molecule has 9 heteroatoms. The van der Waals surface area contributed by atoms with Crippen molar-refractivity contribution in [2.45, 2.75) is 57.7 Å². The smallest absolute Gasteiger partial charge is 0.380 e. The molecule has 140 valence electrons. The first-order valence-corrected chi connectivity index (χ1v) is 8.85. The number of halogens is 3. The molecule has 0 bridgehead atoms. The van der Waals surface area contributed by atoms with Crippen molar-refractivity contribution in [1.82, 2.24) is 10.9 Å². The van der Waals surface area contributed by atoms with Gasteiger partial charge in [-0.2, -0.15) is 13.2 Å². The fourth-order valence-corrected chi connectivity index (χ4v) is 3.81. The number of hydrogen-bond acceptors (Lipinski definition) is 4. The second-order valence-corrected chi connectivity index (χ2v) is 7.66. The zero-order valence-electron chi connectivity index (χ0n) is 14.0. The summed E-state index contributed by atoms with van der Waals surface area (Å²) < 4.78 is 37.6. The van der Waals surface area contributed by atoms with Crippen LogP contribution in [0.5, 0.6) is 0 Å². The molecule has 2 rings (SSSR count). The highest BCUT2D eigenvalue weighted by molar-refractivity contribution is 7.14. The van der Waals surface area contributed by atoms with E-state index in [4.69, 9.17) is 0 Å². The summed E-state index contributed by atoms with van der Waals surface area (Å²) in [5.74, 6) is -1.10. The topological polar surface area (TPSA) is 78.4 Å². The van der Waals surface area contributed by atoms with Crippen LogP contribution in [0.4, 0.5) is 13.2 Å². The Kier molecular flexibility index (Phi) is 5.78. The number of nitrogens with one attached hydrogen (secondary N) is 2. The molecule has 2 atom stereocenters. The minimum atomic E-state index is -4.93. The number of alkyl halides is 3. The largest absolute Gasteiger partial charge is 0.417 e. The van der Waals surface area contributed by atoms with Gasteiger partial charge in [0.2, 0.25) is 5.91 Å². The minimum absolute atomic E-state index is 0.407. The SMILES string of the molecule is CC[C@H]1CCc2sc(C(=O)NNC(=O)C[C@](C)(O)C(F)(F)F)cc2C1. The summed E-state index contributed by atoms with van der Waals surface area (Å²) in [5, 5.41) is 9.27. The van der Waals surface area contributed by atoms with Crippen LogP contribution in [0.25, 0.3) is 0 Å². The molecule has 1 aliphatic carbocycles. The molecular weight excluding hydrogens is 357 g/mol. The molecule has 2 amide bonds. The standard InChI is InChI=1S/C16H21F3N2O3S/c1-3-9-4-5-11-10(6-9)7-12(25-11)14(23)21-20-13(22)8-15(2,24)16(17,18)19/h7,9,24H,3-6,8H2,1-2H3,(H,20,22)(H,21,23)/t9-,15-/m0/s1. The first-order chi connectivity index (χ1) is 11.5. The molecule has 3 N–H and O–H groups in total. The van der Waals surface area contributed by atoms with Crippen LogP contribution in [-0.2, 0) is 17.6 Å². The number of rotatable bonds is 4. The number of aliphatic hydroxyl groups is 1. The van der Waals surface area contributed by atoms with Crippen LogP contribution in [-0.4, -0.2) is 28.7 Å². The Labute approximate surface area is 147 Å². The van der Waals surface area contributed by atoms with Crippen molar-refractivity contribution in [3.8, 4) is 0 Å². The van der Waals surface area contributed by atoms with Gasteiger partial charge in [0.05, 0.1) is 11.3 Å². The van der Waals surface area contributed by atoms with E-state index in [1.165, 1.54) is 11.3 Å². The van der Waals surface area contributed by atoms with Gasteiger partial charge >= 0.3 is 6.18 Å². The van der Waals surface area contributed by atoms with E-state index in [2.05, 4.69) is 12.3 Å². The second kappa shape index (κ2) is 7.33. The fraction of sp³-hybridized carbons (Fsp3) is 0.625. The van der Waals surface area contributed by atoms with Gasteiger partial charge in [-0.1, -0.05) is 13.3 Å². The minimum Gasteiger partial charge on any atom is -0.380 e. The van der Waals surface area contributed by atoms with Gasteiger partial charge in [-0.05, 0) is 43.7 Å². The van der Waals surface area contributed by atoms with Crippen molar-refractivity contribution >= 4 is 23.2 Å². The molecule has 0 saturated heterocycles. The number of amides is 2. The van der Waals surface area contributed by atoms with E-state index in [-0.39, 0.29) is 0 Å². The highest BCUT2D eigenvalue weighted by Crippen LogP contribution is 2.34. The van der Waals surface area contributed by atoms with Gasteiger partial charge in [0.15, 0.2) is 5.60 Å². The molecular formula is C16H21F3N2O3S. The van der Waals surface area contributed by atoms with Crippen molar-refractivity contribution in [2.75, 3.05) is 0 Å². The predicted molar refractivity (Wildman–Crippen MR) is 87.0 cm³/mol. The molecule has 0 radical (unpaired) electrons. The molecule has 0 saturated carbocycles. The molecule has 0 spiro atoms. The number of hydrazine groups is 1. The van der Waals surface area contributed by atoms with E-state index in [0.29, 0.717) is 17.7 Å². The van der Waals surface area contributed by atoms with Crippen LogP contribution in [0.1, 0.15) is 53.2 Å². The molecule has 0 aliphatic heterocycles. The van der Waals surface area contributed by atoms with E-state index in [0.717, 1.165) is 36.1 Å². The van der Waals surface area contributed by atoms with E-state index in [1.54, 1.807) is 6.07 Å². The summed E-state index contributed by atoms with van der Waals surface area (Å²) in [6, 6.07) is 1.77. The first-order valence-electron chi connectivity index (χ1n) is 8.03. The molecule has 1 heterocycles. The molecule has 1 aromatic heterocycles. The van der Waals surface area contributed by atoms with Crippen molar-refractivity contribution in [1.29, 1.82) is 0 Å². The van der Waals surface area contributed by atoms with Gasteiger partial charge in [0.1, 0.15) is 0 Å². The average Bonchev–Trinajstić information content (AvgIpc) is 2.94. The lowest BCUT2D eigenvalue weighted by molar-refractivity contribution is -0.253. The normalized spacial score (nSPS) is 19.7. The lowest BCUT2D eigenvalue weighted by Crippen LogP contribution is -2.49. The van der Waals surface area contributed by atoms with Gasteiger partial charge in [0.25, 0.3) is 5.91 Å². The number of aryl methyl sites for hydroxylation is 1. The third kappa shape index (κ3) is 4.72. The van der Waals surface area contributed by atoms with E-state index in [1.807, 2.05) is 5.43 Å². The lowest BCUT2D eigenvalue weighted by Gasteiger charge is -2.25. The predicted octanol–water partition coefficient (Wildman–Crippen LogP) is 2.73. The first kappa shape index (κ1) is 19.7. The lowest BCUT2D eigenvalue weighted by atomic mass is 9.87. The fourth-order valence-electron chi connectivity index (χ4n) is 2.70. The van der Waals surface area contributed by atoms with E-state index in [9.17, 15) is 27.9 Å². The quantitative estimate of drug-likeness (QED) is 0.705. The van der Waals surface area contributed by atoms with Gasteiger partial charge in [-0.15, -0.1) is 11.3 Å². The van der Waals surface area contributed by atoms with Crippen molar-refractivity contribution in [3.05, 3.63) is 21.4 Å². The Balaban J connectivity index is 1.91. The van der Waals surface area contributed by atoms with Crippen molar-refractivity contribution in [2.24, 2.45) is 5.92 Å². The van der Waals surface area contributed by atoms with E-state index >= 15 is 0 Å². The van der Waals surface area contributed by atoms with Crippen LogP contribution in [0.3, 0.4) is 0 Å². The maximum absolute atomic E-state index is 12.5. The number of hydrogen-bond donors (Lipinski definition) is 3. The number of thiophene rings is 1. The zero-order chi connectivity index (χ0) is 18.8. The Morgan fingerprint density at radius 3 is 2.64 bits per heavy atom. The summed E-state index contributed by atoms with van der Waals surface area (Å²) in [5.41, 5.74) is 1.99. The Bertz CT molecular complexity index is 656. The molecule has 25 heavy (non-hydrogen) atoms. The molecule has 0 unspecified atom stereocenters. The Morgan fingerprint density at radius 1 is 1.36 bits per heavy atom. The van der Waals surface area contributed by atoms with Gasteiger partial charge in [-0.25, -0.2) is 0 Å². The third-order valence-electron chi connectivity index (χ3n) is 4.42. The van der Waals surface area contributed by atoms with Crippen LogP contribution >= 0.6 is 11.3 Å². The zero-order valence-corrected chi connectivity index (χ0v) is 14.8. The summed E-state index contributed by atoms with van der Waals surface area (Å²) in [7, 11) is 0. The van der Waals surface area contributed by atoms with Gasteiger partial charge in [0, 0.05) is 4.88 Å². The number of carbonyl (C=O) groups excluding carboxylic acids is 2. The Hall–Kier alpha value is -1.61. The van der Waals surface area contributed by atoms with Gasteiger partial charge < -0.3 is 5.11 Å². The summed E-state index contributed by atoms with van der Waals surface area (Å²) in [6.45, 7) is 2.63. The van der Waals surface area contributed by atoms with Crippen molar-refractivity contribution < 1.29 is 27.9 Å². The summed E-state index contributed by atoms with van der Waals surface area (Å²) in [4.78, 5) is 25.2. The summed E-state index contributed by atoms with van der Waals surface area (Å²) in [6.07, 6.45) is -2.16. The highest BCUT2D eigenvalue weighted by Gasteiger charge is 2.51. The second-order valence-electron chi connectivity index (χ2n) is 6.53. The number of fused-ring (bicyclic) bond motifs is 1. The molecule has 0 fully saturated rings. The monoisotopic (exact) mass is 378 g/mol. The molecule has 1 aromatic rings. The van der Waals surface area contributed by atoms with E-state index < -0.39 is 30.0 Å². The van der Waals surface area contributed by atoms with Gasteiger partial charge in [-0.3, -0.25) is 20.4 Å². The Morgan fingerprint density at radius 2 is 2.04 bits per heavy atom. The van der Waals surface area contributed by atoms with Crippen LogP contribution in [0.2, 0.25) is 0 Å². The van der Waals surface area contributed by atoms with Crippen LogP contribution < -0.4 is 10.9 Å². The number of carbonyl (C=O) groups is 2. The summed E-state index contributed by atoms with van der Waals surface area (Å²) >= 11 is 1.33. The maximum atomic E-state index is 12.5. The van der Waals surface area contributed by atoms with Crippen LogP contribution in [0.15, 0.2) is 6.07 Å².